The van der Waals surface area contributed by atoms with Crippen LogP contribution in [-0.4, -0.2) is 22.3 Å². The monoisotopic (exact) mass is 556 g/mol. The Morgan fingerprint density at radius 2 is 0.927 bits per heavy atom. The summed E-state index contributed by atoms with van der Waals surface area (Å²) in [5, 5.41) is 3.20. The molecule has 208 valence electrons. The van der Waals surface area contributed by atoms with Gasteiger partial charge in [0.05, 0.1) is 14.2 Å². The topological polar surface area (TPSA) is 18.5 Å². The molecular weight excluding hydrogens is 517 g/mol. The van der Waals surface area contributed by atoms with Gasteiger partial charge in [0.15, 0.2) is 0 Å². The SMILES string of the molecule is COc1ccc(C2C=CC=CC3=C([Si](C)(C)C4=C5C=CC=CC(c6ccc(OC)cc6)C5C=C4C)C(C)=CC32)cc1. The van der Waals surface area contributed by atoms with Gasteiger partial charge in [0.2, 0.25) is 0 Å². The van der Waals surface area contributed by atoms with Crippen LogP contribution in [0.3, 0.4) is 0 Å². The molecule has 2 aromatic rings. The molecule has 0 N–H and O–H groups in total. The lowest BCUT2D eigenvalue weighted by Gasteiger charge is -2.32. The van der Waals surface area contributed by atoms with Gasteiger partial charge in [0.1, 0.15) is 19.6 Å². The summed E-state index contributed by atoms with van der Waals surface area (Å²) in [6, 6.07) is 17.2. The lowest BCUT2D eigenvalue weighted by molar-refractivity contribution is 0.414. The van der Waals surface area contributed by atoms with E-state index >= 15 is 0 Å². The summed E-state index contributed by atoms with van der Waals surface area (Å²) < 4.78 is 10.9. The van der Waals surface area contributed by atoms with Crippen LogP contribution < -0.4 is 9.47 Å². The zero-order chi connectivity index (χ0) is 28.7. The number of benzene rings is 2. The fourth-order valence-corrected chi connectivity index (χ4v) is 12.0. The fourth-order valence-electron chi connectivity index (χ4n) is 7.70. The second-order valence-corrected chi connectivity index (χ2v) is 16.4. The van der Waals surface area contributed by atoms with E-state index in [0.29, 0.717) is 23.7 Å². The highest BCUT2D eigenvalue weighted by molar-refractivity contribution is 6.92. The summed E-state index contributed by atoms with van der Waals surface area (Å²) in [6.45, 7) is 9.83. The second kappa shape index (κ2) is 10.9. The van der Waals surface area contributed by atoms with Gasteiger partial charge in [-0.15, -0.1) is 0 Å². The summed E-state index contributed by atoms with van der Waals surface area (Å²) in [4.78, 5) is 0. The molecule has 3 heteroatoms. The predicted molar refractivity (Wildman–Crippen MR) is 174 cm³/mol. The maximum atomic E-state index is 5.44. The van der Waals surface area contributed by atoms with Gasteiger partial charge in [-0.25, -0.2) is 0 Å². The maximum absolute atomic E-state index is 5.44. The minimum atomic E-state index is -2.09. The Morgan fingerprint density at radius 3 is 1.29 bits per heavy atom. The molecule has 0 amide bonds. The Balaban J connectivity index is 1.42. The first-order valence-corrected chi connectivity index (χ1v) is 17.7. The molecule has 4 aliphatic rings. The third kappa shape index (κ3) is 4.76. The molecule has 0 heterocycles. The second-order valence-electron chi connectivity index (χ2n) is 12.1. The number of methoxy groups -OCH3 is 2. The van der Waals surface area contributed by atoms with Crippen LogP contribution in [0.1, 0.15) is 36.8 Å². The summed E-state index contributed by atoms with van der Waals surface area (Å²) in [5.74, 6) is 3.08. The van der Waals surface area contributed by atoms with Crippen molar-refractivity contribution < 1.29 is 9.47 Å². The van der Waals surface area contributed by atoms with Gasteiger partial charge < -0.3 is 9.47 Å². The van der Waals surface area contributed by atoms with Crippen molar-refractivity contribution in [3.8, 4) is 11.5 Å². The van der Waals surface area contributed by atoms with Crippen LogP contribution in [0.15, 0.2) is 142 Å². The first-order valence-electron chi connectivity index (χ1n) is 14.7. The molecule has 0 radical (unpaired) electrons. The van der Waals surface area contributed by atoms with E-state index in [1.165, 1.54) is 33.4 Å². The van der Waals surface area contributed by atoms with E-state index in [4.69, 9.17) is 9.47 Å². The van der Waals surface area contributed by atoms with E-state index in [-0.39, 0.29) is 0 Å². The number of allylic oxidation sites excluding steroid dienone is 16. The van der Waals surface area contributed by atoms with Gasteiger partial charge in [-0.2, -0.15) is 0 Å². The zero-order valence-corrected chi connectivity index (χ0v) is 26.0. The van der Waals surface area contributed by atoms with Crippen LogP contribution >= 0.6 is 0 Å². The smallest absolute Gasteiger partial charge is 0.118 e. The van der Waals surface area contributed by atoms with E-state index in [1.54, 1.807) is 24.6 Å². The van der Waals surface area contributed by atoms with Crippen LogP contribution in [-0.2, 0) is 0 Å². The molecule has 0 spiro atoms. The van der Waals surface area contributed by atoms with Crippen molar-refractivity contribution in [1.29, 1.82) is 0 Å². The zero-order valence-electron chi connectivity index (χ0n) is 25.0. The molecule has 0 fully saturated rings. The minimum absolute atomic E-state index is 0.301. The Morgan fingerprint density at radius 1 is 0.537 bits per heavy atom. The molecule has 4 unspecified atom stereocenters. The molecule has 2 nitrogen and oxygen atoms in total. The Kier molecular flexibility index (Phi) is 7.25. The van der Waals surface area contributed by atoms with Crippen molar-refractivity contribution in [2.45, 2.75) is 38.8 Å². The van der Waals surface area contributed by atoms with Gasteiger partial charge in [-0.3, -0.25) is 0 Å². The quantitative estimate of drug-likeness (QED) is 0.330. The highest BCUT2D eigenvalue weighted by Gasteiger charge is 2.44. The van der Waals surface area contributed by atoms with E-state index < -0.39 is 8.07 Å². The van der Waals surface area contributed by atoms with Crippen molar-refractivity contribution in [1.82, 2.24) is 0 Å². The minimum Gasteiger partial charge on any atom is -0.497 e. The van der Waals surface area contributed by atoms with E-state index in [9.17, 15) is 0 Å². The van der Waals surface area contributed by atoms with Crippen molar-refractivity contribution in [3.63, 3.8) is 0 Å². The van der Waals surface area contributed by atoms with Crippen LogP contribution in [0.4, 0.5) is 0 Å². The van der Waals surface area contributed by atoms with Crippen molar-refractivity contribution in [3.05, 3.63) is 153 Å². The van der Waals surface area contributed by atoms with Crippen molar-refractivity contribution in [2.75, 3.05) is 14.2 Å². The molecule has 2 aromatic carbocycles. The first-order chi connectivity index (χ1) is 19.8. The summed E-state index contributed by atoms with van der Waals surface area (Å²) in [5.41, 5.74) is 8.56. The Bertz CT molecular complexity index is 1470. The Hall–Kier alpha value is -3.82. The number of fused-ring (bicyclic) bond motifs is 2. The molecule has 6 rings (SSSR count). The lowest BCUT2D eigenvalue weighted by atomic mass is 9.83. The van der Waals surface area contributed by atoms with Gasteiger partial charge >= 0.3 is 0 Å². The van der Waals surface area contributed by atoms with E-state index in [1.807, 2.05) is 0 Å². The largest absolute Gasteiger partial charge is 0.497 e. The van der Waals surface area contributed by atoms with E-state index in [2.05, 4.69) is 136 Å². The van der Waals surface area contributed by atoms with Crippen LogP contribution in [0.25, 0.3) is 0 Å². The highest BCUT2D eigenvalue weighted by atomic mass is 28.3. The molecule has 0 aromatic heterocycles. The van der Waals surface area contributed by atoms with Gasteiger partial charge in [0.25, 0.3) is 0 Å². The van der Waals surface area contributed by atoms with Gasteiger partial charge in [0, 0.05) is 23.7 Å². The molecule has 41 heavy (non-hydrogen) atoms. The van der Waals surface area contributed by atoms with Crippen LogP contribution in [0.5, 0.6) is 11.5 Å². The third-order valence-electron chi connectivity index (χ3n) is 9.38. The summed E-state index contributed by atoms with van der Waals surface area (Å²) >= 11 is 0. The number of hydrogen-bond donors (Lipinski definition) is 0. The van der Waals surface area contributed by atoms with Crippen LogP contribution in [0.2, 0.25) is 13.1 Å². The van der Waals surface area contributed by atoms with Crippen LogP contribution in [0, 0.1) is 11.8 Å². The standard InChI is InChI=1S/C38H40O2Si/c1-25-23-35-31(27-15-19-29(39-3)20-16-27)11-7-9-13-33(35)37(25)41(5,6)38-26(2)24-36-32(12-8-10-14-34(36)38)28-17-21-30(40-4)22-18-28/h7-24,31-32,35-36H,1-6H3. The molecule has 0 saturated heterocycles. The summed E-state index contributed by atoms with van der Waals surface area (Å²) in [6.07, 6.45) is 23.5. The Labute approximate surface area is 246 Å². The fraction of sp³-hybridized carbons (Fsp3) is 0.263. The molecule has 4 aliphatic carbocycles. The molecular formula is C38H40O2Si. The normalized spacial score (nSPS) is 25.0. The lowest BCUT2D eigenvalue weighted by Crippen LogP contribution is -2.35. The average Bonchev–Trinajstić information content (AvgIpc) is 3.31. The molecule has 0 saturated carbocycles. The van der Waals surface area contributed by atoms with E-state index in [0.717, 1.165) is 11.5 Å². The average molecular weight is 557 g/mol. The first kappa shape index (κ1) is 27.4. The highest BCUT2D eigenvalue weighted by Crippen LogP contribution is 2.52. The third-order valence-corrected chi connectivity index (χ3v) is 13.2. The molecule has 0 aliphatic heterocycles. The maximum Gasteiger partial charge on any atom is 0.118 e. The molecule has 4 atom stereocenters. The van der Waals surface area contributed by atoms with Crippen molar-refractivity contribution >= 4 is 8.07 Å². The number of rotatable bonds is 6. The van der Waals surface area contributed by atoms with Gasteiger partial charge in [-0.1, -0.05) is 109 Å². The van der Waals surface area contributed by atoms with Crippen molar-refractivity contribution in [2.24, 2.45) is 11.8 Å². The number of ether oxygens (including phenoxy) is 2. The summed E-state index contributed by atoms with van der Waals surface area (Å²) in [7, 11) is 1.37. The molecule has 0 bridgehead atoms. The predicted octanol–water partition coefficient (Wildman–Crippen LogP) is 9.36. The number of hydrogen-bond acceptors (Lipinski definition) is 2. The van der Waals surface area contributed by atoms with Gasteiger partial charge in [-0.05, 0) is 70.8 Å².